The van der Waals surface area contributed by atoms with Crippen molar-refractivity contribution in [2.75, 3.05) is 20.2 Å². The lowest BCUT2D eigenvalue weighted by Gasteiger charge is -2.51. The number of methoxy groups -OCH3 is 1. The van der Waals surface area contributed by atoms with Gasteiger partial charge in [0.15, 0.2) is 0 Å². The van der Waals surface area contributed by atoms with Crippen LogP contribution in [-0.4, -0.2) is 54.0 Å². The molecule has 1 aromatic rings. The number of esters is 1. The standard InChI is InChI=1S/C26H37ClN2O5/c1-16(2)21(28-22(30)17-6-7-18(14-17)24(32)34-5)23(31)29-13-12-26(33,25(3,4)15-29)19-8-10-20(27)11-9-19/h8-11,16-18,21,33H,6-7,12-15H2,1-5H3,(H,28,30)/t17?,18?,21-,26+/m1/s1. The van der Waals surface area contributed by atoms with E-state index in [1.165, 1.54) is 7.11 Å². The lowest BCUT2D eigenvalue weighted by Crippen LogP contribution is -2.60. The number of benzene rings is 1. The van der Waals surface area contributed by atoms with Crippen molar-refractivity contribution in [1.82, 2.24) is 10.2 Å². The Balaban J connectivity index is 1.69. The molecule has 2 amide bonds. The minimum absolute atomic E-state index is 0.102. The maximum absolute atomic E-state index is 13.5. The number of ether oxygens (including phenoxy) is 1. The summed E-state index contributed by atoms with van der Waals surface area (Å²) in [6, 6.07) is 6.53. The van der Waals surface area contributed by atoms with E-state index in [1.54, 1.807) is 17.0 Å². The SMILES string of the molecule is COC(=O)C1CCC(C(=O)N[C@@H](C(=O)N2CC[C@](O)(c3ccc(Cl)cc3)C(C)(C)C2)C(C)C)C1. The third-order valence-electron chi connectivity index (χ3n) is 7.65. The lowest BCUT2D eigenvalue weighted by atomic mass is 9.66. The van der Waals surface area contributed by atoms with Crippen LogP contribution in [0.3, 0.4) is 0 Å². The van der Waals surface area contributed by atoms with Gasteiger partial charge in [-0.2, -0.15) is 0 Å². The topological polar surface area (TPSA) is 95.9 Å². The van der Waals surface area contributed by atoms with Crippen LogP contribution in [0.4, 0.5) is 0 Å². The molecule has 1 saturated heterocycles. The minimum Gasteiger partial charge on any atom is -0.469 e. The molecule has 0 bridgehead atoms. The molecule has 34 heavy (non-hydrogen) atoms. The maximum Gasteiger partial charge on any atom is 0.308 e. The fourth-order valence-electron chi connectivity index (χ4n) is 5.35. The van der Waals surface area contributed by atoms with E-state index in [9.17, 15) is 19.5 Å². The first-order chi connectivity index (χ1) is 15.9. The highest BCUT2D eigenvalue weighted by Crippen LogP contribution is 2.46. The molecule has 3 rings (SSSR count). The Bertz CT molecular complexity index is 916. The molecule has 2 fully saturated rings. The molecule has 1 heterocycles. The molecule has 1 saturated carbocycles. The van der Waals surface area contributed by atoms with Gasteiger partial charge in [0, 0.05) is 29.4 Å². The zero-order chi connectivity index (χ0) is 25.3. The van der Waals surface area contributed by atoms with Gasteiger partial charge in [-0.25, -0.2) is 0 Å². The summed E-state index contributed by atoms with van der Waals surface area (Å²) in [6.45, 7) is 8.47. The number of aliphatic hydroxyl groups is 1. The fourth-order valence-corrected chi connectivity index (χ4v) is 5.48. The van der Waals surface area contributed by atoms with Crippen molar-refractivity contribution in [2.24, 2.45) is 23.2 Å². The van der Waals surface area contributed by atoms with E-state index in [4.69, 9.17) is 16.3 Å². The molecule has 7 nitrogen and oxygen atoms in total. The second kappa shape index (κ2) is 10.2. The summed E-state index contributed by atoms with van der Waals surface area (Å²) in [7, 11) is 1.36. The molecule has 2 N–H and O–H groups in total. The van der Waals surface area contributed by atoms with E-state index in [0.717, 1.165) is 5.56 Å². The minimum atomic E-state index is -1.10. The quantitative estimate of drug-likeness (QED) is 0.592. The number of carbonyl (C=O) groups excluding carboxylic acids is 3. The second-order valence-corrected chi connectivity index (χ2v) is 11.2. The van der Waals surface area contributed by atoms with E-state index in [-0.39, 0.29) is 35.5 Å². The van der Waals surface area contributed by atoms with Crippen molar-refractivity contribution in [2.45, 2.75) is 65.0 Å². The Morgan fingerprint density at radius 1 is 1.15 bits per heavy atom. The van der Waals surface area contributed by atoms with Crippen LogP contribution < -0.4 is 5.32 Å². The third-order valence-corrected chi connectivity index (χ3v) is 7.90. The summed E-state index contributed by atoms with van der Waals surface area (Å²) in [6.07, 6.45) is 2.06. The van der Waals surface area contributed by atoms with Crippen LogP contribution in [0.1, 0.15) is 58.9 Å². The summed E-state index contributed by atoms with van der Waals surface area (Å²) in [5.74, 6) is -1.28. The average molecular weight is 493 g/mol. The molecule has 2 unspecified atom stereocenters. The van der Waals surface area contributed by atoms with Crippen LogP contribution in [-0.2, 0) is 24.7 Å². The largest absolute Gasteiger partial charge is 0.469 e. The normalized spacial score (nSPS) is 27.4. The molecule has 1 aliphatic heterocycles. The van der Waals surface area contributed by atoms with Crippen molar-refractivity contribution in [1.29, 1.82) is 0 Å². The summed E-state index contributed by atoms with van der Waals surface area (Å²) < 4.78 is 4.81. The molecule has 4 atom stereocenters. The predicted octanol–water partition coefficient (Wildman–Crippen LogP) is 3.52. The highest BCUT2D eigenvalue weighted by molar-refractivity contribution is 6.30. The van der Waals surface area contributed by atoms with Crippen LogP contribution in [0, 0.1) is 23.2 Å². The molecule has 0 spiro atoms. The fraction of sp³-hybridized carbons (Fsp3) is 0.654. The number of rotatable bonds is 6. The third kappa shape index (κ3) is 5.25. The number of nitrogens with zero attached hydrogens (tertiary/aromatic N) is 1. The van der Waals surface area contributed by atoms with Crippen LogP contribution in [0.5, 0.6) is 0 Å². The van der Waals surface area contributed by atoms with E-state index < -0.39 is 17.1 Å². The number of hydrogen-bond acceptors (Lipinski definition) is 5. The van der Waals surface area contributed by atoms with Gasteiger partial charge in [-0.05, 0) is 49.3 Å². The first-order valence-electron chi connectivity index (χ1n) is 12.0. The number of hydrogen-bond donors (Lipinski definition) is 2. The van der Waals surface area contributed by atoms with Gasteiger partial charge in [0.05, 0.1) is 18.6 Å². The van der Waals surface area contributed by atoms with Gasteiger partial charge >= 0.3 is 5.97 Å². The molecule has 2 aliphatic rings. The van der Waals surface area contributed by atoms with E-state index in [0.29, 0.717) is 43.8 Å². The molecule has 188 valence electrons. The number of likely N-dealkylation sites (tertiary alicyclic amines) is 1. The Morgan fingerprint density at radius 2 is 1.76 bits per heavy atom. The summed E-state index contributed by atoms with van der Waals surface area (Å²) in [5, 5.41) is 15.2. The molecular formula is C26H37ClN2O5. The molecule has 0 radical (unpaired) electrons. The van der Waals surface area contributed by atoms with Crippen molar-refractivity contribution in [3.05, 3.63) is 34.9 Å². The Kier molecular flexibility index (Phi) is 7.98. The monoisotopic (exact) mass is 492 g/mol. The van der Waals surface area contributed by atoms with E-state index in [2.05, 4.69) is 5.32 Å². The predicted molar refractivity (Wildman–Crippen MR) is 130 cm³/mol. The second-order valence-electron chi connectivity index (χ2n) is 10.7. The molecule has 1 aromatic carbocycles. The first kappa shape index (κ1) is 26.5. The van der Waals surface area contributed by atoms with Gasteiger partial charge in [-0.3, -0.25) is 14.4 Å². The summed E-state index contributed by atoms with van der Waals surface area (Å²) in [4.78, 5) is 40.1. The van der Waals surface area contributed by atoms with E-state index >= 15 is 0 Å². The molecule has 8 heteroatoms. The van der Waals surface area contributed by atoms with Gasteiger partial charge in [0.2, 0.25) is 11.8 Å². The van der Waals surface area contributed by atoms with Gasteiger partial charge < -0.3 is 20.1 Å². The lowest BCUT2D eigenvalue weighted by molar-refractivity contribution is -0.157. The van der Waals surface area contributed by atoms with Crippen molar-refractivity contribution >= 4 is 29.4 Å². The molecule has 1 aliphatic carbocycles. The van der Waals surface area contributed by atoms with Crippen molar-refractivity contribution in [3.8, 4) is 0 Å². The molecule has 0 aromatic heterocycles. The zero-order valence-electron chi connectivity index (χ0n) is 20.8. The highest BCUT2D eigenvalue weighted by atomic mass is 35.5. The van der Waals surface area contributed by atoms with Crippen LogP contribution in [0.25, 0.3) is 0 Å². The average Bonchev–Trinajstić information content (AvgIpc) is 3.29. The smallest absolute Gasteiger partial charge is 0.308 e. The van der Waals surface area contributed by atoms with Crippen LogP contribution in [0.2, 0.25) is 5.02 Å². The van der Waals surface area contributed by atoms with E-state index in [1.807, 2.05) is 39.8 Å². The summed E-state index contributed by atoms with van der Waals surface area (Å²) in [5.41, 5.74) is -0.930. The number of halogens is 1. The van der Waals surface area contributed by atoms with Gasteiger partial charge in [0.25, 0.3) is 0 Å². The van der Waals surface area contributed by atoms with Gasteiger partial charge in [0.1, 0.15) is 6.04 Å². The van der Waals surface area contributed by atoms with Crippen molar-refractivity contribution < 1.29 is 24.2 Å². The number of amides is 2. The maximum atomic E-state index is 13.5. The number of nitrogens with one attached hydrogen (secondary N) is 1. The van der Waals surface area contributed by atoms with Crippen LogP contribution in [0.15, 0.2) is 24.3 Å². The van der Waals surface area contributed by atoms with Crippen LogP contribution >= 0.6 is 11.6 Å². The first-order valence-corrected chi connectivity index (χ1v) is 12.4. The number of carbonyl (C=O) groups is 3. The zero-order valence-corrected chi connectivity index (χ0v) is 21.5. The Morgan fingerprint density at radius 3 is 2.32 bits per heavy atom. The Hall–Kier alpha value is -2.12. The number of piperidine rings is 1. The van der Waals surface area contributed by atoms with Crippen molar-refractivity contribution in [3.63, 3.8) is 0 Å². The van der Waals surface area contributed by atoms with Gasteiger partial charge in [-0.15, -0.1) is 0 Å². The summed E-state index contributed by atoms with van der Waals surface area (Å²) >= 11 is 6.02. The molecular weight excluding hydrogens is 456 g/mol. The highest BCUT2D eigenvalue weighted by Gasteiger charge is 2.50. The Labute approximate surface area is 207 Å². The van der Waals surface area contributed by atoms with Gasteiger partial charge in [-0.1, -0.05) is 51.4 Å².